The number of fused-ring (bicyclic) bond motifs is 1. The Hall–Kier alpha value is -1.88. The number of benzene rings is 1. The topological polar surface area (TPSA) is 69.6 Å². The Morgan fingerprint density at radius 1 is 1.35 bits per heavy atom. The maximum Gasteiger partial charge on any atom is 0.316 e. The highest BCUT2D eigenvalue weighted by molar-refractivity contribution is 6.40. The van der Waals surface area contributed by atoms with E-state index in [1.807, 2.05) is 25.1 Å². The molecule has 1 aliphatic heterocycles. The summed E-state index contributed by atoms with van der Waals surface area (Å²) in [5.74, 6) is -0.832. The van der Waals surface area contributed by atoms with Gasteiger partial charge in [-0.3, -0.25) is 9.59 Å². The number of carbonyl (C=O) groups is 2. The fourth-order valence-corrected chi connectivity index (χ4v) is 3.07. The van der Waals surface area contributed by atoms with Gasteiger partial charge in [0.2, 0.25) is 0 Å². The van der Waals surface area contributed by atoms with Gasteiger partial charge in [-0.15, -0.1) is 0 Å². The summed E-state index contributed by atoms with van der Waals surface area (Å²) in [5.41, 5.74) is 3.04. The first-order chi connectivity index (χ1) is 11.1. The van der Waals surface area contributed by atoms with Crippen molar-refractivity contribution in [2.45, 2.75) is 39.5 Å². The van der Waals surface area contributed by atoms with Crippen molar-refractivity contribution in [1.29, 1.82) is 0 Å². The van der Waals surface area contributed by atoms with Crippen molar-refractivity contribution in [2.24, 2.45) is 5.92 Å². The summed E-state index contributed by atoms with van der Waals surface area (Å²) < 4.78 is 0. The zero-order valence-corrected chi connectivity index (χ0v) is 14.0. The Balaban J connectivity index is 1.96. The van der Waals surface area contributed by atoms with E-state index in [4.69, 9.17) is 5.11 Å². The second kappa shape index (κ2) is 8.11. The Morgan fingerprint density at radius 3 is 2.83 bits per heavy atom. The van der Waals surface area contributed by atoms with Crippen LogP contribution >= 0.6 is 0 Å². The molecular formula is C18H26N2O3. The van der Waals surface area contributed by atoms with Crippen LogP contribution in [-0.2, 0) is 16.0 Å². The van der Waals surface area contributed by atoms with E-state index in [-0.39, 0.29) is 12.5 Å². The van der Waals surface area contributed by atoms with Crippen LogP contribution in [0.4, 0.5) is 5.69 Å². The number of aliphatic hydroxyl groups is 1. The molecule has 0 fully saturated rings. The van der Waals surface area contributed by atoms with Crippen molar-refractivity contribution in [1.82, 2.24) is 5.32 Å². The highest BCUT2D eigenvalue weighted by atomic mass is 16.3. The van der Waals surface area contributed by atoms with Crippen molar-refractivity contribution >= 4 is 17.5 Å². The van der Waals surface area contributed by atoms with E-state index in [0.717, 1.165) is 36.1 Å². The average molecular weight is 318 g/mol. The Labute approximate surface area is 137 Å². The molecule has 1 atom stereocenters. The van der Waals surface area contributed by atoms with Crippen molar-refractivity contribution in [3.63, 3.8) is 0 Å². The molecule has 0 bridgehead atoms. The minimum Gasteiger partial charge on any atom is -0.396 e. The zero-order valence-electron chi connectivity index (χ0n) is 14.0. The summed E-state index contributed by atoms with van der Waals surface area (Å²) in [7, 11) is 0. The number of rotatable bonds is 6. The monoisotopic (exact) mass is 318 g/mol. The first-order valence-corrected chi connectivity index (χ1v) is 8.36. The molecule has 1 aromatic carbocycles. The zero-order chi connectivity index (χ0) is 16.8. The van der Waals surface area contributed by atoms with Crippen LogP contribution in [0.3, 0.4) is 0 Å². The predicted molar refractivity (Wildman–Crippen MR) is 90.3 cm³/mol. The summed E-state index contributed by atoms with van der Waals surface area (Å²) >= 11 is 0. The summed E-state index contributed by atoms with van der Waals surface area (Å²) in [6, 6.07) is 6.00. The average Bonchev–Trinajstić information content (AvgIpc) is 2.95. The van der Waals surface area contributed by atoms with Gasteiger partial charge in [0.25, 0.3) is 0 Å². The van der Waals surface area contributed by atoms with Crippen LogP contribution in [0.15, 0.2) is 18.2 Å². The molecule has 5 nitrogen and oxygen atoms in total. The Morgan fingerprint density at radius 2 is 2.13 bits per heavy atom. The molecule has 0 aromatic heterocycles. The number of nitrogens with zero attached hydrogens (tertiary/aromatic N) is 1. The lowest BCUT2D eigenvalue weighted by Crippen LogP contribution is -2.43. The van der Waals surface area contributed by atoms with Crippen molar-refractivity contribution in [3.05, 3.63) is 29.3 Å². The highest BCUT2D eigenvalue weighted by Crippen LogP contribution is 2.28. The lowest BCUT2D eigenvalue weighted by atomic mass is 10.0. The number of aryl methyl sites for hydroxylation is 1. The maximum atomic E-state index is 12.4. The molecule has 0 aliphatic carbocycles. The molecule has 0 saturated carbocycles. The predicted octanol–water partition coefficient (Wildman–Crippen LogP) is 1.80. The van der Waals surface area contributed by atoms with Gasteiger partial charge in [0.15, 0.2) is 0 Å². The standard InChI is InChI=1S/C18H26N2O3/c1-3-4-14(8-10-21)12-19-17(22)18(23)20-9-7-15-6-5-13(2)11-16(15)20/h5-6,11,14,21H,3-4,7-10,12H2,1-2H3,(H,19,22). The molecule has 2 rings (SSSR count). The van der Waals surface area contributed by atoms with Crippen molar-refractivity contribution in [3.8, 4) is 0 Å². The van der Waals surface area contributed by atoms with E-state index in [1.165, 1.54) is 0 Å². The lowest BCUT2D eigenvalue weighted by Gasteiger charge is -2.19. The van der Waals surface area contributed by atoms with Gasteiger partial charge in [0.1, 0.15) is 0 Å². The minimum atomic E-state index is -0.557. The molecule has 0 saturated heterocycles. The van der Waals surface area contributed by atoms with Gasteiger partial charge in [-0.2, -0.15) is 0 Å². The van der Waals surface area contributed by atoms with E-state index < -0.39 is 11.8 Å². The SMILES string of the molecule is CCCC(CCO)CNC(=O)C(=O)N1CCc2ccc(C)cc21. The van der Waals surface area contributed by atoms with Crippen LogP contribution in [0.1, 0.15) is 37.3 Å². The molecular weight excluding hydrogens is 292 g/mol. The van der Waals surface area contributed by atoms with Gasteiger partial charge >= 0.3 is 11.8 Å². The lowest BCUT2D eigenvalue weighted by molar-refractivity contribution is -0.137. The fraction of sp³-hybridized carbons (Fsp3) is 0.556. The molecule has 0 spiro atoms. The third-order valence-corrected chi connectivity index (χ3v) is 4.36. The number of anilines is 1. The molecule has 5 heteroatoms. The van der Waals surface area contributed by atoms with Gasteiger partial charge < -0.3 is 15.3 Å². The molecule has 23 heavy (non-hydrogen) atoms. The van der Waals surface area contributed by atoms with Gasteiger partial charge in [0.05, 0.1) is 0 Å². The summed E-state index contributed by atoms with van der Waals surface area (Å²) in [4.78, 5) is 26.2. The molecule has 2 amide bonds. The Kier molecular flexibility index (Phi) is 6.16. The van der Waals surface area contributed by atoms with Gasteiger partial charge in [-0.1, -0.05) is 25.5 Å². The number of amides is 2. The van der Waals surface area contributed by atoms with Crippen molar-refractivity contribution < 1.29 is 14.7 Å². The molecule has 1 aromatic rings. The molecule has 2 N–H and O–H groups in total. The molecule has 1 unspecified atom stereocenters. The normalized spacial score (nSPS) is 14.5. The minimum absolute atomic E-state index is 0.104. The number of hydrogen-bond acceptors (Lipinski definition) is 3. The van der Waals surface area contributed by atoms with Crippen molar-refractivity contribution in [2.75, 3.05) is 24.6 Å². The van der Waals surface area contributed by atoms with E-state index in [2.05, 4.69) is 12.2 Å². The summed E-state index contributed by atoms with van der Waals surface area (Å²) in [6.45, 7) is 5.15. The van der Waals surface area contributed by atoms with Crippen LogP contribution in [0.2, 0.25) is 0 Å². The van der Waals surface area contributed by atoms with E-state index >= 15 is 0 Å². The van der Waals surface area contributed by atoms with Gasteiger partial charge in [-0.25, -0.2) is 0 Å². The summed E-state index contributed by atoms with van der Waals surface area (Å²) in [6.07, 6.45) is 3.36. The van der Waals surface area contributed by atoms with E-state index in [9.17, 15) is 9.59 Å². The van der Waals surface area contributed by atoms with Crippen LogP contribution in [0.25, 0.3) is 0 Å². The summed E-state index contributed by atoms with van der Waals surface area (Å²) in [5, 5.41) is 11.8. The van der Waals surface area contributed by atoms with Crippen LogP contribution in [-0.4, -0.2) is 36.6 Å². The smallest absolute Gasteiger partial charge is 0.316 e. The molecule has 1 aliphatic rings. The largest absolute Gasteiger partial charge is 0.396 e. The third-order valence-electron chi connectivity index (χ3n) is 4.36. The number of nitrogens with one attached hydrogen (secondary N) is 1. The number of aliphatic hydroxyl groups excluding tert-OH is 1. The second-order valence-electron chi connectivity index (χ2n) is 6.22. The maximum absolute atomic E-state index is 12.4. The molecule has 0 radical (unpaired) electrons. The number of carbonyl (C=O) groups excluding carboxylic acids is 2. The van der Waals surface area contributed by atoms with Crippen LogP contribution in [0, 0.1) is 12.8 Å². The molecule has 1 heterocycles. The quantitative estimate of drug-likeness (QED) is 0.786. The number of hydrogen-bond donors (Lipinski definition) is 2. The van der Waals surface area contributed by atoms with Crippen LogP contribution < -0.4 is 10.2 Å². The van der Waals surface area contributed by atoms with Gasteiger partial charge in [0, 0.05) is 25.4 Å². The van der Waals surface area contributed by atoms with Gasteiger partial charge in [-0.05, 0) is 49.3 Å². The second-order valence-corrected chi connectivity index (χ2v) is 6.22. The van der Waals surface area contributed by atoms with E-state index in [0.29, 0.717) is 19.5 Å². The Bertz CT molecular complexity index is 565. The van der Waals surface area contributed by atoms with Crippen LogP contribution in [0.5, 0.6) is 0 Å². The first-order valence-electron chi connectivity index (χ1n) is 8.36. The molecule has 126 valence electrons. The fourth-order valence-electron chi connectivity index (χ4n) is 3.07. The highest BCUT2D eigenvalue weighted by Gasteiger charge is 2.29. The van der Waals surface area contributed by atoms with E-state index in [1.54, 1.807) is 4.90 Å². The third kappa shape index (κ3) is 4.32. The first kappa shape index (κ1) is 17.5.